The van der Waals surface area contributed by atoms with Crippen molar-refractivity contribution in [3.63, 3.8) is 0 Å². The topological polar surface area (TPSA) is 55.1 Å². The minimum atomic E-state index is -0.824. The lowest BCUT2D eigenvalue weighted by atomic mass is 10.1. The van der Waals surface area contributed by atoms with Crippen LogP contribution in [0, 0.1) is 11.6 Å². The molecule has 0 aromatic heterocycles. The zero-order valence-corrected chi connectivity index (χ0v) is 8.26. The number of rotatable bonds is 3. The van der Waals surface area contributed by atoms with Crippen molar-refractivity contribution in [2.45, 2.75) is 12.5 Å². The number of benzene rings is 1. The normalized spacial score (nSPS) is 12.3. The van der Waals surface area contributed by atoms with Crippen molar-refractivity contribution >= 4 is 5.91 Å². The molecule has 0 aliphatic rings. The predicted molar refractivity (Wildman–Crippen MR) is 52.1 cm³/mol. The Bertz CT molecular complexity index is 368. The fraction of sp³-hybridized carbons (Fsp3) is 0.300. The second kappa shape index (κ2) is 4.84. The summed E-state index contributed by atoms with van der Waals surface area (Å²) in [6.07, 6.45) is 0.0474. The first-order valence-corrected chi connectivity index (χ1v) is 4.45. The maximum Gasteiger partial charge on any atom is 0.237 e. The van der Waals surface area contributed by atoms with Crippen molar-refractivity contribution in [1.29, 1.82) is 0 Å². The van der Waals surface area contributed by atoms with Gasteiger partial charge in [0.15, 0.2) is 0 Å². The molecule has 82 valence electrons. The second-order valence-electron chi connectivity index (χ2n) is 3.16. The third-order valence-corrected chi connectivity index (χ3v) is 2.04. The van der Waals surface area contributed by atoms with Gasteiger partial charge in [0.05, 0.1) is 6.04 Å². The third-order valence-electron chi connectivity index (χ3n) is 2.04. The van der Waals surface area contributed by atoms with E-state index >= 15 is 0 Å². The van der Waals surface area contributed by atoms with Crippen LogP contribution in [-0.4, -0.2) is 19.0 Å². The van der Waals surface area contributed by atoms with Gasteiger partial charge in [-0.2, -0.15) is 0 Å². The second-order valence-corrected chi connectivity index (χ2v) is 3.16. The molecule has 0 spiro atoms. The molecule has 3 nitrogen and oxygen atoms in total. The molecule has 0 saturated carbocycles. The molecular formula is C10H12F2N2O. The number of nitrogens with one attached hydrogen (secondary N) is 1. The Hall–Kier alpha value is -1.49. The average Bonchev–Trinajstić information content (AvgIpc) is 2.20. The summed E-state index contributed by atoms with van der Waals surface area (Å²) in [5.41, 5.74) is 5.72. The Labute approximate surface area is 86.3 Å². The van der Waals surface area contributed by atoms with Gasteiger partial charge in [0.1, 0.15) is 11.6 Å². The Morgan fingerprint density at radius 3 is 2.73 bits per heavy atom. The van der Waals surface area contributed by atoms with E-state index in [1.54, 1.807) is 0 Å². The smallest absolute Gasteiger partial charge is 0.237 e. The molecule has 15 heavy (non-hydrogen) atoms. The van der Waals surface area contributed by atoms with Gasteiger partial charge in [-0.25, -0.2) is 8.78 Å². The Kier molecular flexibility index (Phi) is 3.74. The number of nitrogens with two attached hydrogens (primary N) is 1. The molecule has 1 unspecified atom stereocenters. The SMILES string of the molecule is CNC(=O)C(N)Cc1ccc(F)cc1F. The van der Waals surface area contributed by atoms with Crippen LogP contribution < -0.4 is 11.1 Å². The summed E-state index contributed by atoms with van der Waals surface area (Å²) in [4.78, 5) is 11.1. The van der Waals surface area contributed by atoms with Crippen LogP contribution in [0.5, 0.6) is 0 Å². The van der Waals surface area contributed by atoms with E-state index in [0.29, 0.717) is 0 Å². The molecule has 1 atom stereocenters. The van der Waals surface area contributed by atoms with Crippen molar-refractivity contribution in [1.82, 2.24) is 5.32 Å². The number of likely N-dealkylation sites (N-methyl/N-ethyl adjacent to an activating group) is 1. The average molecular weight is 214 g/mol. The molecule has 0 bridgehead atoms. The van der Waals surface area contributed by atoms with Gasteiger partial charge in [-0.3, -0.25) is 4.79 Å². The summed E-state index contributed by atoms with van der Waals surface area (Å²) in [5, 5.41) is 2.36. The molecule has 0 saturated heterocycles. The van der Waals surface area contributed by atoms with Gasteiger partial charge in [-0.15, -0.1) is 0 Å². The van der Waals surface area contributed by atoms with Crippen LogP contribution in [0.4, 0.5) is 8.78 Å². The molecule has 1 aromatic rings. The maximum absolute atomic E-state index is 13.2. The lowest BCUT2D eigenvalue weighted by Crippen LogP contribution is -2.40. The largest absolute Gasteiger partial charge is 0.358 e. The van der Waals surface area contributed by atoms with Gasteiger partial charge in [-0.1, -0.05) is 6.07 Å². The van der Waals surface area contributed by atoms with E-state index in [2.05, 4.69) is 5.32 Å². The highest BCUT2D eigenvalue weighted by atomic mass is 19.1. The zero-order valence-electron chi connectivity index (χ0n) is 8.26. The molecule has 1 amide bonds. The maximum atomic E-state index is 13.2. The van der Waals surface area contributed by atoms with E-state index < -0.39 is 17.7 Å². The van der Waals surface area contributed by atoms with Crippen LogP contribution in [0.15, 0.2) is 18.2 Å². The molecule has 0 radical (unpaired) electrons. The standard InChI is InChI=1S/C10H12F2N2O/c1-14-10(15)9(13)4-6-2-3-7(11)5-8(6)12/h2-3,5,9H,4,13H2,1H3,(H,14,15). The van der Waals surface area contributed by atoms with Crippen molar-refractivity contribution in [3.8, 4) is 0 Å². The number of amides is 1. The van der Waals surface area contributed by atoms with E-state index in [-0.39, 0.29) is 17.9 Å². The number of halogens is 2. The van der Waals surface area contributed by atoms with Crippen molar-refractivity contribution in [2.75, 3.05) is 7.05 Å². The highest BCUT2D eigenvalue weighted by Crippen LogP contribution is 2.11. The van der Waals surface area contributed by atoms with Gasteiger partial charge in [0.25, 0.3) is 0 Å². The first-order valence-electron chi connectivity index (χ1n) is 4.45. The first-order chi connectivity index (χ1) is 7.04. The highest BCUT2D eigenvalue weighted by molar-refractivity contribution is 5.81. The fourth-order valence-corrected chi connectivity index (χ4v) is 1.20. The number of carbonyl (C=O) groups excluding carboxylic acids is 1. The van der Waals surface area contributed by atoms with E-state index in [4.69, 9.17) is 5.73 Å². The lowest BCUT2D eigenvalue weighted by Gasteiger charge is -2.10. The van der Waals surface area contributed by atoms with Crippen LogP contribution in [0.2, 0.25) is 0 Å². The van der Waals surface area contributed by atoms with Crippen LogP contribution in [0.25, 0.3) is 0 Å². The molecule has 5 heteroatoms. The Morgan fingerprint density at radius 2 is 2.20 bits per heavy atom. The molecular weight excluding hydrogens is 202 g/mol. The Morgan fingerprint density at radius 1 is 1.53 bits per heavy atom. The summed E-state index contributed by atoms with van der Waals surface area (Å²) in [5.74, 6) is -1.71. The van der Waals surface area contributed by atoms with Gasteiger partial charge in [0.2, 0.25) is 5.91 Å². The lowest BCUT2D eigenvalue weighted by molar-refractivity contribution is -0.121. The van der Waals surface area contributed by atoms with Gasteiger partial charge in [0, 0.05) is 13.1 Å². The summed E-state index contributed by atoms with van der Waals surface area (Å²) >= 11 is 0. The molecule has 3 N–H and O–H groups in total. The molecule has 0 aliphatic heterocycles. The summed E-state index contributed by atoms with van der Waals surface area (Å²) in [7, 11) is 1.45. The van der Waals surface area contributed by atoms with Crippen molar-refractivity contribution in [3.05, 3.63) is 35.4 Å². The molecule has 0 fully saturated rings. The highest BCUT2D eigenvalue weighted by Gasteiger charge is 2.14. The minimum absolute atomic E-state index is 0.0474. The minimum Gasteiger partial charge on any atom is -0.358 e. The van der Waals surface area contributed by atoms with Gasteiger partial charge in [-0.05, 0) is 18.1 Å². The van der Waals surface area contributed by atoms with Gasteiger partial charge >= 0.3 is 0 Å². The Balaban J connectivity index is 2.76. The predicted octanol–water partition coefficient (Wildman–Crippen LogP) is 0.581. The van der Waals surface area contributed by atoms with Crippen LogP contribution in [0.1, 0.15) is 5.56 Å². The number of hydrogen-bond acceptors (Lipinski definition) is 2. The quantitative estimate of drug-likeness (QED) is 0.773. The summed E-state index contributed by atoms with van der Waals surface area (Å²) in [6, 6.07) is 2.36. The number of hydrogen-bond donors (Lipinski definition) is 2. The first kappa shape index (κ1) is 11.6. The van der Waals surface area contributed by atoms with Crippen LogP contribution in [-0.2, 0) is 11.2 Å². The van der Waals surface area contributed by atoms with Crippen LogP contribution >= 0.6 is 0 Å². The summed E-state index contributed by atoms with van der Waals surface area (Å²) in [6.45, 7) is 0. The fourth-order valence-electron chi connectivity index (χ4n) is 1.20. The molecule has 0 aliphatic carbocycles. The molecule has 0 heterocycles. The van der Waals surface area contributed by atoms with E-state index in [0.717, 1.165) is 12.1 Å². The monoisotopic (exact) mass is 214 g/mol. The van der Waals surface area contributed by atoms with Gasteiger partial charge < -0.3 is 11.1 Å². The van der Waals surface area contributed by atoms with Crippen molar-refractivity contribution in [2.24, 2.45) is 5.73 Å². The molecule has 1 rings (SSSR count). The number of carbonyl (C=O) groups is 1. The summed E-state index contributed by atoms with van der Waals surface area (Å²) < 4.78 is 25.7. The third kappa shape index (κ3) is 2.99. The zero-order chi connectivity index (χ0) is 11.4. The van der Waals surface area contributed by atoms with E-state index in [9.17, 15) is 13.6 Å². The molecule has 1 aromatic carbocycles. The van der Waals surface area contributed by atoms with E-state index in [1.807, 2.05) is 0 Å². The van der Waals surface area contributed by atoms with Crippen LogP contribution in [0.3, 0.4) is 0 Å². The van der Waals surface area contributed by atoms with Crippen molar-refractivity contribution < 1.29 is 13.6 Å². The van der Waals surface area contributed by atoms with E-state index in [1.165, 1.54) is 13.1 Å².